The highest BCUT2D eigenvalue weighted by Gasteiger charge is 2.33. The van der Waals surface area contributed by atoms with Gasteiger partial charge in [0, 0.05) is 0 Å². The molecule has 0 aliphatic carbocycles. The Labute approximate surface area is 153 Å². The monoisotopic (exact) mass is 376 g/mol. The number of rotatable bonds is 3. The van der Waals surface area contributed by atoms with Crippen molar-refractivity contribution >= 4 is 23.4 Å². The summed E-state index contributed by atoms with van der Waals surface area (Å²) in [5, 5.41) is 14.7. The van der Waals surface area contributed by atoms with E-state index in [4.69, 9.17) is 4.74 Å². The van der Waals surface area contributed by atoms with E-state index in [9.17, 15) is 23.1 Å². The SMILES string of the molecule is COc1cc(/C=C2\C(=O)N(c3cccc(C(F)(F)F)c3)N=C2C)ccc1O. The number of ether oxygens (including phenoxy) is 1. The Bertz CT molecular complexity index is 965. The van der Waals surface area contributed by atoms with Gasteiger partial charge in [0.2, 0.25) is 0 Å². The molecule has 5 nitrogen and oxygen atoms in total. The van der Waals surface area contributed by atoms with Crippen LogP contribution in [0.3, 0.4) is 0 Å². The predicted molar refractivity (Wildman–Crippen MR) is 94.7 cm³/mol. The van der Waals surface area contributed by atoms with Gasteiger partial charge in [0.05, 0.1) is 29.6 Å². The Kier molecular flexibility index (Phi) is 4.65. The summed E-state index contributed by atoms with van der Waals surface area (Å²) in [6, 6.07) is 8.95. The van der Waals surface area contributed by atoms with Crippen LogP contribution in [0.15, 0.2) is 53.1 Å². The number of halogens is 3. The number of amides is 1. The Morgan fingerprint density at radius 1 is 1.19 bits per heavy atom. The first-order valence-corrected chi connectivity index (χ1v) is 7.86. The zero-order chi connectivity index (χ0) is 19.8. The molecule has 0 saturated heterocycles. The maximum absolute atomic E-state index is 12.9. The molecule has 0 bridgehead atoms. The van der Waals surface area contributed by atoms with Crippen molar-refractivity contribution in [2.24, 2.45) is 5.10 Å². The van der Waals surface area contributed by atoms with Gasteiger partial charge in [0.25, 0.3) is 5.91 Å². The first kappa shape index (κ1) is 18.5. The summed E-state index contributed by atoms with van der Waals surface area (Å²) in [7, 11) is 1.40. The van der Waals surface area contributed by atoms with E-state index in [-0.39, 0.29) is 22.8 Å². The number of benzene rings is 2. The number of phenols is 1. The molecular weight excluding hydrogens is 361 g/mol. The highest BCUT2D eigenvalue weighted by atomic mass is 19.4. The second kappa shape index (κ2) is 6.79. The van der Waals surface area contributed by atoms with E-state index in [1.165, 1.54) is 37.5 Å². The Morgan fingerprint density at radius 3 is 2.59 bits per heavy atom. The lowest BCUT2D eigenvalue weighted by Crippen LogP contribution is -2.21. The Balaban J connectivity index is 1.95. The second-order valence-electron chi connectivity index (χ2n) is 5.84. The maximum atomic E-state index is 12.9. The van der Waals surface area contributed by atoms with E-state index >= 15 is 0 Å². The minimum absolute atomic E-state index is 0.0286. The Hall–Kier alpha value is -3.29. The minimum atomic E-state index is -4.52. The molecule has 0 radical (unpaired) electrons. The zero-order valence-electron chi connectivity index (χ0n) is 14.4. The van der Waals surface area contributed by atoms with Crippen molar-refractivity contribution in [3.63, 3.8) is 0 Å². The minimum Gasteiger partial charge on any atom is -0.504 e. The number of carbonyl (C=O) groups excluding carboxylic acids is 1. The summed E-state index contributed by atoms with van der Waals surface area (Å²) >= 11 is 0. The first-order valence-electron chi connectivity index (χ1n) is 7.86. The smallest absolute Gasteiger partial charge is 0.416 e. The van der Waals surface area contributed by atoms with Gasteiger partial charge in [0.1, 0.15) is 0 Å². The van der Waals surface area contributed by atoms with Crippen LogP contribution in [0.2, 0.25) is 0 Å². The normalized spacial score (nSPS) is 16.0. The molecule has 3 rings (SSSR count). The fraction of sp³-hybridized carbons (Fsp3) is 0.158. The molecule has 0 fully saturated rings. The van der Waals surface area contributed by atoms with Crippen LogP contribution in [-0.4, -0.2) is 23.8 Å². The topological polar surface area (TPSA) is 62.1 Å². The summed E-state index contributed by atoms with van der Waals surface area (Å²) in [5.74, 6) is -0.355. The van der Waals surface area contributed by atoms with Gasteiger partial charge in [-0.15, -0.1) is 0 Å². The average molecular weight is 376 g/mol. The number of hydrazone groups is 1. The summed E-state index contributed by atoms with van der Waals surface area (Å²) < 4.78 is 43.8. The summed E-state index contributed by atoms with van der Waals surface area (Å²) in [4.78, 5) is 12.7. The molecule has 8 heteroatoms. The molecule has 0 saturated carbocycles. The predicted octanol–water partition coefficient (Wildman–Crippen LogP) is 4.23. The molecule has 0 unspecified atom stereocenters. The largest absolute Gasteiger partial charge is 0.504 e. The number of carbonyl (C=O) groups is 1. The van der Waals surface area contributed by atoms with Gasteiger partial charge >= 0.3 is 6.18 Å². The van der Waals surface area contributed by atoms with Gasteiger partial charge in [-0.05, 0) is 48.9 Å². The van der Waals surface area contributed by atoms with Crippen molar-refractivity contribution in [1.29, 1.82) is 0 Å². The van der Waals surface area contributed by atoms with E-state index in [1.807, 2.05) is 0 Å². The lowest BCUT2D eigenvalue weighted by Gasteiger charge is -2.14. The molecule has 1 N–H and O–H groups in total. The number of anilines is 1. The molecule has 2 aromatic rings. The van der Waals surface area contributed by atoms with Gasteiger partial charge in [-0.1, -0.05) is 12.1 Å². The van der Waals surface area contributed by atoms with Crippen LogP contribution in [0, 0.1) is 0 Å². The lowest BCUT2D eigenvalue weighted by molar-refractivity contribution is -0.137. The van der Waals surface area contributed by atoms with Crippen molar-refractivity contribution < 1.29 is 27.8 Å². The number of methoxy groups -OCH3 is 1. The summed E-state index contributed by atoms with van der Waals surface area (Å²) in [5.41, 5.74) is 0.347. The number of hydrogen-bond donors (Lipinski definition) is 1. The molecule has 1 aliphatic rings. The zero-order valence-corrected chi connectivity index (χ0v) is 14.4. The number of aromatic hydroxyl groups is 1. The molecule has 1 heterocycles. The average Bonchev–Trinajstić information content (AvgIpc) is 2.91. The number of nitrogens with zero attached hydrogens (tertiary/aromatic N) is 2. The van der Waals surface area contributed by atoms with Crippen molar-refractivity contribution in [3.05, 3.63) is 59.2 Å². The molecule has 0 spiro atoms. The fourth-order valence-corrected chi connectivity index (χ4v) is 2.62. The Morgan fingerprint density at radius 2 is 1.93 bits per heavy atom. The van der Waals surface area contributed by atoms with Gasteiger partial charge in [0.15, 0.2) is 11.5 Å². The lowest BCUT2D eigenvalue weighted by atomic mass is 10.1. The van der Waals surface area contributed by atoms with Crippen molar-refractivity contribution in [2.75, 3.05) is 12.1 Å². The quantitative estimate of drug-likeness (QED) is 0.816. The van der Waals surface area contributed by atoms with E-state index < -0.39 is 17.6 Å². The van der Waals surface area contributed by atoms with Crippen LogP contribution in [0.5, 0.6) is 11.5 Å². The van der Waals surface area contributed by atoms with Crippen molar-refractivity contribution in [1.82, 2.24) is 0 Å². The molecule has 0 atom stereocenters. The molecule has 140 valence electrons. The van der Waals surface area contributed by atoms with Crippen LogP contribution in [0.1, 0.15) is 18.1 Å². The van der Waals surface area contributed by atoms with Gasteiger partial charge < -0.3 is 9.84 Å². The van der Waals surface area contributed by atoms with Crippen LogP contribution in [-0.2, 0) is 11.0 Å². The summed E-state index contributed by atoms with van der Waals surface area (Å²) in [6.07, 6.45) is -2.98. The van der Waals surface area contributed by atoms with Crippen molar-refractivity contribution in [2.45, 2.75) is 13.1 Å². The third-order valence-corrected chi connectivity index (χ3v) is 4.00. The van der Waals surface area contributed by atoms with Crippen LogP contribution in [0.4, 0.5) is 18.9 Å². The molecule has 27 heavy (non-hydrogen) atoms. The van der Waals surface area contributed by atoms with Gasteiger partial charge in [-0.2, -0.15) is 23.3 Å². The molecule has 0 aromatic heterocycles. The van der Waals surface area contributed by atoms with Crippen LogP contribution >= 0.6 is 0 Å². The number of alkyl halides is 3. The van der Waals surface area contributed by atoms with E-state index in [0.29, 0.717) is 11.3 Å². The number of hydrogen-bond acceptors (Lipinski definition) is 4. The molecule has 2 aromatic carbocycles. The third kappa shape index (κ3) is 3.64. The first-order chi connectivity index (χ1) is 12.7. The second-order valence-corrected chi connectivity index (χ2v) is 5.84. The summed E-state index contributed by atoms with van der Waals surface area (Å²) in [6.45, 7) is 1.59. The fourth-order valence-electron chi connectivity index (χ4n) is 2.62. The molecular formula is C19H15F3N2O3. The van der Waals surface area contributed by atoms with Gasteiger partial charge in [-0.3, -0.25) is 4.79 Å². The third-order valence-electron chi connectivity index (χ3n) is 4.00. The van der Waals surface area contributed by atoms with Crippen LogP contribution < -0.4 is 9.75 Å². The van der Waals surface area contributed by atoms with E-state index in [2.05, 4.69) is 5.10 Å². The van der Waals surface area contributed by atoms with Crippen LogP contribution in [0.25, 0.3) is 6.08 Å². The molecule has 1 aliphatic heterocycles. The van der Waals surface area contributed by atoms with Crippen molar-refractivity contribution in [3.8, 4) is 11.5 Å². The van der Waals surface area contributed by atoms with Gasteiger partial charge in [-0.25, -0.2) is 0 Å². The molecule has 1 amide bonds. The highest BCUT2D eigenvalue weighted by molar-refractivity contribution is 6.32. The standard InChI is InChI=1S/C19H15F3N2O3/c1-11-15(8-12-6-7-16(25)17(9-12)27-2)18(26)24(23-11)14-5-3-4-13(10-14)19(20,21)22/h3-10,25H,1-2H3/b15-8-. The maximum Gasteiger partial charge on any atom is 0.416 e. The number of phenolic OH excluding ortho intramolecular Hbond substituents is 1. The highest BCUT2D eigenvalue weighted by Crippen LogP contribution is 2.34. The van der Waals surface area contributed by atoms with E-state index in [1.54, 1.807) is 13.0 Å². The van der Waals surface area contributed by atoms with E-state index in [0.717, 1.165) is 17.1 Å².